The largest absolute Gasteiger partial charge is 0.494 e. The molecule has 0 radical (unpaired) electrons. The minimum Gasteiger partial charge on any atom is -0.494 e. The number of nitrogens with zero attached hydrogens (tertiary/aromatic N) is 4. The van der Waals surface area contributed by atoms with Gasteiger partial charge in [-0.3, -0.25) is 14.5 Å². The molecule has 2 aromatic rings. The molecule has 3 unspecified atom stereocenters. The molecule has 0 bridgehead atoms. The Balaban J connectivity index is 1.64. The van der Waals surface area contributed by atoms with E-state index in [4.69, 9.17) is 9.47 Å². The fourth-order valence-corrected chi connectivity index (χ4v) is 5.62. The predicted molar refractivity (Wildman–Crippen MR) is 116 cm³/mol. The van der Waals surface area contributed by atoms with E-state index in [0.717, 1.165) is 30.7 Å². The number of piperidine rings is 1. The highest BCUT2D eigenvalue weighted by atomic mass is 32.2. The number of hydrogen-bond donors (Lipinski definition) is 0. The first-order chi connectivity index (χ1) is 15.0. The van der Waals surface area contributed by atoms with E-state index in [2.05, 4.69) is 15.0 Å². The Morgan fingerprint density at radius 3 is 2.71 bits per heavy atom. The number of aromatic nitrogens is 3. The second-order valence-electron chi connectivity index (χ2n) is 7.76. The maximum Gasteiger partial charge on any atom is 0.310 e. The number of thioether (sulfide) groups is 1. The van der Waals surface area contributed by atoms with Gasteiger partial charge >= 0.3 is 5.97 Å². The number of rotatable bonds is 7. The molecule has 166 valence electrons. The van der Waals surface area contributed by atoms with Crippen LogP contribution in [0.5, 0.6) is 5.75 Å². The van der Waals surface area contributed by atoms with Crippen LogP contribution in [-0.2, 0) is 9.53 Å². The van der Waals surface area contributed by atoms with E-state index >= 15 is 0 Å². The number of carbonyl (C=O) groups excluding carboxylic acids is 2. The molecule has 2 aliphatic rings. The highest BCUT2D eigenvalue weighted by Crippen LogP contribution is 2.42. The lowest BCUT2D eigenvalue weighted by Gasteiger charge is -2.39. The fraction of sp³-hybridized carbons (Fsp3) is 0.545. The van der Waals surface area contributed by atoms with Gasteiger partial charge in [-0.2, -0.15) is 4.68 Å². The molecule has 0 aliphatic carbocycles. The van der Waals surface area contributed by atoms with Gasteiger partial charge in [0, 0.05) is 6.54 Å². The van der Waals surface area contributed by atoms with Crippen LogP contribution in [0.4, 0.5) is 0 Å². The van der Waals surface area contributed by atoms with Gasteiger partial charge in [0.2, 0.25) is 0 Å². The molecule has 2 aliphatic heterocycles. The van der Waals surface area contributed by atoms with Crippen LogP contribution >= 0.6 is 11.8 Å². The number of ether oxygens (including phenoxy) is 2. The maximum atomic E-state index is 13.3. The van der Waals surface area contributed by atoms with Crippen molar-refractivity contribution in [2.75, 3.05) is 26.3 Å². The summed E-state index contributed by atoms with van der Waals surface area (Å²) in [5.41, 5.74) is 1.02. The number of hydrogen-bond acceptors (Lipinski definition) is 8. The number of aryl methyl sites for hydroxylation is 1. The second-order valence-corrected chi connectivity index (χ2v) is 8.87. The van der Waals surface area contributed by atoms with Crippen LogP contribution in [0.25, 0.3) is 0 Å². The molecule has 1 saturated heterocycles. The van der Waals surface area contributed by atoms with Crippen molar-refractivity contribution in [3.05, 3.63) is 35.7 Å². The zero-order valence-corrected chi connectivity index (χ0v) is 18.9. The van der Waals surface area contributed by atoms with E-state index < -0.39 is 0 Å². The van der Waals surface area contributed by atoms with Crippen LogP contribution in [0.1, 0.15) is 48.9 Å². The molecule has 1 aromatic heterocycles. The second kappa shape index (κ2) is 9.40. The third-order valence-corrected chi connectivity index (χ3v) is 6.84. The number of likely N-dealkylation sites (tertiary alicyclic amines) is 1. The summed E-state index contributed by atoms with van der Waals surface area (Å²) in [4.78, 5) is 32.3. The van der Waals surface area contributed by atoms with Gasteiger partial charge in [0.05, 0.1) is 25.2 Å². The Bertz CT molecular complexity index is 945. The molecule has 3 heterocycles. The molecule has 0 amide bonds. The van der Waals surface area contributed by atoms with Gasteiger partial charge in [-0.25, -0.2) is 4.98 Å². The van der Waals surface area contributed by atoms with Gasteiger partial charge in [0.25, 0.3) is 5.91 Å². The average molecular weight is 445 g/mol. The van der Waals surface area contributed by atoms with Crippen molar-refractivity contribution in [3.8, 4) is 5.75 Å². The SMILES string of the molecule is CCOC(=O)C1CCCN(C(c2ccc(OCC)cc2)C2Sc3nc(C)nn3C2=O)C1. The van der Waals surface area contributed by atoms with Crippen molar-refractivity contribution in [3.63, 3.8) is 0 Å². The number of carbonyl (C=O) groups is 2. The van der Waals surface area contributed by atoms with Gasteiger partial charge in [-0.15, -0.1) is 5.10 Å². The van der Waals surface area contributed by atoms with Crippen LogP contribution in [0.2, 0.25) is 0 Å². The summed E-state index contributed by atoms with van der Waals surface area (Å²) in [6, 6.07) is 7.69. The van der Waals surface area contributed by atoms with Crippen molar-refractivity contribution in [2.24, 2.45) is 5.92 Å². The molecule has 0 saturated carbocycles. The third kappa shape index (κ3) is 4.48. The first-order valence-corrected chi connectivity index (χ1v) is 11.7. The van der Waals surface area contributed by atoms with Crippen molar-refractivity contribution in [1.29, 1.82) is 0 Å². The zero-order chi connectivity index (χ0) is 22.0. The average Bonchev–Trinajstić information content (AvgIpc) is 3.27. The summed E-state index contributed by atoms with van der Waals surface area (Å²) >= 11 is 1.45. The Morgan fingerprint density at radius 1 is 1.26 bits per heavy atom. The Hall–Kier alpha value is -2.39. The first kappa shape index (κ1) is 21.8. The van der Waals surface area contributed by atoms with E-state index in [1.807, 2.05) is 38.1 Å². The van der Waals surface area contributed by atoms with Crippen LogP contribution in [-0.4, -0.2) is 63.1 Å². The summed E-state index contributed by atoms with van der Waals surface area (Å²) in [5.74, 6) is 0.972. The normalized spacial score (nSPS) is 22.2. The number of esters is 1. The summed E-state index contributed by atoms with van der Waals surface area (Å²) < 4.78 is 12.3. The standard InChI is InChI=1S/C22H28N4O4S/c1-4-29-17-10-8-15(9-11-17)18(19-20(27)26-22(31-19)23-14(3)24-26)25-12-6-7-16(13-25)21(28)30-5-2/h8-11,16,18-19H,4-7,12-13H2,1-3H3. The fourth-order valence-electron chi connectivity index (χ4n) is 4.32. The molecule has 8 nitrogen and oxygen atoms in total. The Kier molecular flexibility index (Phi) is 6.62. The molecule has 4 rings (SSSR count). The quantitative estimate of drug-likeness (QED) is 0.602. The van der Waals surface area contributed by atoms with Gasteiger partial charge in [0.1, 0.15) is 16.8 Å². The highest BCUT2D eigenvalue weighted by Gasteiger charge is 2.44. The van der Waals surface area contributed by atoms with Crippen LogP contribution in [0, 0.1) is 12.8 Å². The minimum atomic E-state index is -0.380. The van der Waals surface area contributed by atoms with E-state index in [-0.39, 0.29) is 29.1 Å². The zero-order valence-electron chi connectivity index (χ0n) is 18.1. The smallest absolute Gasteiger partial charge is 0.310 e. The third-order valence-electron chi connectivity index (χ3n) is 5.65. The van der Waals surface area contributed by atoms with Gasteiger partial charge < -0.3 is 9.47 Å². The Morgan fingerprint density at radius 2 is 2.03 bits per heavy atom. The molecule has 0 N–H and O–H groups in total. The molecule has 31 heavy (non-hydrogen) atoms. The molecule has 9 heteroatoms. The highest BCUT2D eigenvalue weighted by molar-refractivity contribution is 8.00. The minimum absolute atomic E-state index is 0.0715. The van der Waals surface area contributed by atoms with Gasteiger partial charge in [0.15, 0.2) is 5.16 Å². The number of fused-ring (bicyclic) bond motifs is 1. The monoisotopic (exact) mass is 444 g/mol. The van der Waals surface area contributed by atoms with Crippen molar-refractivity contribution in [2.45, 2.75) is 50.1 Å². The topological polar surface area (TPSA) is 86.5 Å². The lowest BCUT2D eigenvalue weighted by molar-refractivity contribution is -0.150. The lowest BCUT2D eigenvalue weighted by atomic mass is 9.93. The van der Waals surface area contributed by atoms with Crippen LogP contribution in [0.15, 0.2) is 29.4 Å². The van der Waals surface area contributed by atoms with E-state index in [9.17, 15) is 9.59 Å². The molecular formula is C22H28N4O4S. The predicted octanol–water partition coefficient (Wildman–Crippen LogP) is 3.12. The summed E-state index contributed by atoms with van der Waals surface area (Å²) in [7, 11) is 0. The van der Waals surface area contributed by atoms with Crippen molar-refractivity contribution in [1.82, 2.24) is 19.7 Å². The summed E-state index contributed by atoms with van der Waals surface area (Å²) in [5, 5.41) is 4.52. The molecule has 0 spiro atoms. The molecular weight excluding hydrogens is 416 g/mol. The summed E-state index contributed by atoms with van der Waals surface area (Å²) in [6.45, 7) is 7.91. The Labute approximate surface area is 186 Å². The first-order valence-electron chi connectivity index (χ1n) is 10.8. The summed E-state index contributed by atoms with van der Waals surface area (Å²) in [6.07, 6.45) is 1.68. The van der Waals surface area contributed by atoms with Gasteiger partial charge in [-0.05, 0) is 57.9 Å². The van der Waals surface area contributed by atoms with Crippen molar-refractivity contribution < 1.29 is 19.1 Å². The van der Waals surface area contributed by atoms with E-state index in [1.165, 1.54) is 16.4 Å². The maximum absolute atomic E-state index is 13.3. The van der Waals surface area contributed by atoms with Crippen LogP contribution < -0.4 is 4.74 Å². The van der Waals surface area contributed by atoms with Crippen molar-refractivity contribution >= 4 is 23.6 Å². The molecule has 1 aromatic carbocycles. The van der Waals surface area contributed by atoms with E-state index in [1.54, 1.807) is 6.92 Å². The molecule has 3 atom stereocenters. The number of benzene rings is 1. The van der Waals surface area contributed by atoms with E-state index in [0.29, 0.717) is 30.7 Å². The molecule has 1 fully saturated rings. The van der Waals surface area contributed by atoms with Crippen LogP contribution in [0.3, 0.4) is 0 Å². The van der Waals surface area contributed by atoms with Gasteiger partial charge in [-0.1, -0.05) is 23.9 Å². The lowest BCUT2D eigenvalue weighted by Crippen LogP contribution is -2.46.